The highest BCUT2D eigenvalue weighted by Crippen LogP contribution is 2.16. The first kappa shape index (κ1) is 20.3. The molecule has 0 unspecified atom stereocenters. The molecule has 1 aromatic carbocycles. The largest absolute Gasteiger partial charge is 0.349 e. The van der Waals surface area contributed by atoms with Crippen molar-refractivity contribution in [2.45, 2.75) is 33.4 Å². The molecule has 0 aliphatic rings. The van der Waals surface area contributed by atoms with Gasteiger partial charge in [0.25, 0.3) is 11.8 Å². The van der Waals surface area contributed by atoms with Gasteiger partial charge < -0.3 is 15.6 Å². The zero-order valence-electron chi connectivity index (χ0n) is 17.5. The molecule has 0 radical (unpaired) electrons. The van der Waals surface area contributed by atoms with Crippen molar-refractivity contribution in [1.82, 2.24) is 35.4 Å². The van der Waals surface area contributed by atoms with Crippen molar-refractivity contribution < 1.29 is 9.59 Å². The molecule has 0 aliphatic carbocycles. The molecule has 0 aliphatic heterocycles. The fourth-order valence-electron chi connectivity index (χ4n) is 3.16. The highest BCUT2D eigenvalue weighted by molar-refractivity contribution is 5.96. The number of aryl methyl sites for hydroxylation is 1. The summed E-state index contributed by atoms with van der Waals surface area (Å²) in [4.78, 5) is 36.4. The normalized spacial score (nSPS) is 11.1. The number of hydrogen-bond donors (Lipinski definition) is 3. The quantitative estimate of drug-likeness (QED) is 0.446. The fraction of sp³-hybridized carbons (Fsp3) is 0.227. The number of H-pyrrole nitrogens is 1. The average Bonchev–Trinajstić information content (AvgIpc) is 3.36. The lowest BCUT2D eigenvalue weighted by atomic mass is 10.2. The number of rotatable bonds is 6. The molecule has 0 saturated heterocycles. The summed E-state index contributed by atoms with van der Waals surface area (Å²) in [7, 11) is 0. The maximum Gasteiger partial charge on any atom is 0.270 e. The third-order valence-corrected chi connectivity index (χ3v) is 4.57. The van der Waals surface area contributed by atoms with Gasteiger partial charge in [0, 0.05) is 24.3 Å². The minimum Gasteiger partial charge on any atom is -0.349 e. The van der Waals surface area contributed by atoms with Crippen LogP contribution in [-0.2, 0) is 6.54 Å². The molecule has 0 spiro atoms. The van der Waals surface area contributed by atoms with E-state index >= 15 is 0 Å². The van der Waals surface area contributed by atoms with E-state index < -0.39 is 0 Å². The molecule has 0 saturated carbocycles. The van der Waals surface area contributed by atoms with Gasteiger partial charge in [0.1, 0.15) is 17.2 Å². The van der Waals surface area contributed by atoms with E-state index in [9.17, 15) is 9.59 Å². The van der Waals surface area contributed by atoms with Crippen LogP contribution in [0, 0.1) is 6.92 Å². The molecule has 2 amide bonds. The number of hydrogen-bond acceptors (Lipinski definition) is 5. The number of carbonyl (C=O) groups is 2. The van der Waals surface area contributed by atoms with E-state index in [1.54, 1.807) is 29.1 Å². The molecular formula is C22H23N7O2. The number of aromatic nitrogens is 5. The van der Waals surface area contributed by atoms with Gasteiger partial charge in [0.2, 0.25) is 0 Å². The molecule has 9 heteroatoms. The van der Waals surface area contributed by atoms with E-state index in [0.717, 1.165) is 28.1 Å². The smallest absolute Gasteiger partial charge is 0.270 e. The van der Waals surface area contributed by atoms with Crippen molar-refractivity contribution in [3.63, 3.8) is 0 Å². The molecular weight excluding hydrogens is 394 g/mol. The predicted octanol–water partition coefficient (Wildman–Crippen LogP) is 2.52. The molecule has 3 aromatic heterocycles. The van der Waals surface area contributed by atoms with Gasteiger partial charge in [0.15, 0.2) is 0 Å². The summed E-state index contributed by atoms with van der Waals surface area (Å²) in [6.07, 6.45) is 3.55. The van der Waals surface area contributed by atoms with Crippen LogP contribution in [0.25, 0.3) is 16.7 Å². The molecule has 3 heterocycles. The van der Waals surface area contributed by atoms with E-state index in [2.05, 4.69) is 30.7 Å². The lowest BCUT2D eigenvalue weighted by Gasteiger charge is -2.08. The molecule has 3 N–H and O–H groups in total. The van der Waals surface area contributed by atoms with Crippen LogP contribution in [0.3, 0.4) is 0 Å². The number of imidazole rings is 1. The number of nitrogens with zero attached hydrogens (tertiary/aromatic N) is 4. The van der Waals surface area contributed by atoms with E-state index in [0.29, 0.717) is 0 Å². The zero-order valence-corrected chi connectivity index (χ0v) is 17.5. The summed E-state index contributed by atoms with van der Waals surface area (Å²) in [5.41, 5.74) is 3.95. The molecule has 158 valence electrons. The van der Waals surface area contributed by atoms with Crippen LogP contribution in [0.2, 0.25) is 0 Å². The van der Waals surface area contributed by atoms with Crippen molar-refractivity contribution in [3.8, 4) is 5.69 Å². The number of amides is 2. The van der Waals surface area contributed by atoms with Gasteiger partial charge in [0.05, 0.1) is 22.9 Å². The Hall–Kier alpha value is -4.01. The van der Waals surface area contributed by atoms with Crippen molar-refractivity contribution in [1.29, 1.82) is 0 Å². The number of carbonyl (C=O) groups excluding carboxylic acids is 2. The van der Waals surface area contributed by atoms with E-state index in [1.165, 1.54) is 0 Å². The van der Waals surface area contributed by atoms with Crippen molar-refractivity contribution >= 4 is 22.8 Å². The molecule has 9 nitrogen and oxygen atoms in total. The standard InChI is InChI=1S/C22H23N7O2/c1-13(2)25-22(31)19-6-4-5-18(28-19)21(30)23-10-15-11-24-29(12-15)16-7-8-17-20(9-16)27-14(3)26-17/h4-9,11-13H,10H2,1-3H3,(H,23,30)(H,25,31)(H,26,27). The van der Waals surface area contributed by atoms with Crippen LogP contribution in [-0.4, -0.2) is 42.6 Å². The lowest BCUT2D eigenvalue weighted by molar-refractivity contribution is 0.0936. The Labute approximate surface area is 178 Å². The minimum atomic E-state index is -0.360. The van der Waals surface area contributed by atoms with Crippen LogP contribution in [0.15, 0.2) is 48.8 Å². The Kier molecular flexibility index (Phi) is 5.48. The first-order chi connectivity index (χ1) is 14.9. The van der Waals surface area contributed by atoms with Crippen molar-refractivity contribution in [3.05, 3.63) is 71.6 Å². The van der Waals surface area contributed by atoms with E-state index in [1.807, 2.05) is 45.2 Å². The number of fused-ring (bicyclic) bond motifs is 1. The minimum absolute atomic E-state index is 0.0127. The SMILES string of the molecule is Cc1nc2ccc(-n3cc(CNC(=O)c4cccc(C(=O)NC(C)C)n4)cn3)cc2[nH]1. The Balaban J connectivity index is 1.42. The number of benzene rings is 1. The third kappa shape index (κ3) is 4.61. The second-order valence-corrected chi connectivity index (χ2v) is 7.54. The summed E-state index contributed by atoms with van der Waals surface area (Å²) >= 11 is 0. The maximum absolute atomic E-state index is 12.5. The first-order valence-electron chi connectivity index (χ1n) is 9.95. The van der Waals surface area contributed by atoms with Crippen molar-refractivity contribution in [2.75, 3.05) is 0 Å². The molecule has 0 bridgehead atoms. The summed E-state index contributed by atoms with van der Waals surface area (Å²) in [6, 6.07) is 10.6. The second-order valence-electron chi connectivity index (χ2n) is 7.54. The van der Waals surface area contributed by atoms with E-state index in [4.69, 9.17) is 0 Å². The molecule has 0 atom stereocenters. The summed E-state index contributed by atoms with van der Waals surface area (Å²) < 4.78 is 1.74. The van der Waals surface area contributed by atoms with Gasteiger partial charge in [-0.15, -0.1) is 0 Å². The van der Waals surface area contributed by atoms with Gasteiger partial charge in [-0.3, -0.25) is 9.59 Å². The number of aromatic amines is 1. The van der Waals surface area contributed by atoms with Crippen LogP contribution < -0.4 is 10.6 Å². The Bertz CT molecular complexity index is 1260. The van der Waals surface area contributed by atoms with Crippen LogP contribution >= 0.6 is 0 Å². The third-order valence-electron chi connectivity index (χ3n) is 4.57. The Morgan fingerprint density at radius 1 is 1.10 bits per heavy atom. The van der Waals surface area contributed by atoms with Crippen LogP contribution in [0.1, 0.15) is 46.2 Å². The Morgan fingerprint density at radius 3 is 2.65 bits per heavy atom. The summed E-state index contributed by atoms with van der Waals surface area (Å²) in [5, 5.41) is 9.96. The Morgan fingerprint density at radius 2 is 1.87 bits per heavy atom. The lowest BCUT2D eigenvalue weighted by Crippen LogP contribution is -2.31. The zero-order chi connectivity index (χ0) is 22.0. The van der Waals surface area contributed by atoms with Gasteiger partial charge in [-0.25, -0.2) is 14.6 Å². The maximum atomic E-state index is 12.5. The second kappa shape index (κ2) is 8.39. The predicted molar refractivity (Wildman–Crippen MR) is 116 cm³/mol. The van der Waals surface area contributed by atoms with Crippen molar-refractivity contribution in [2.24, 2.45) is 0 Å². The highest BCUT2D eigenvalue weighted by Gasteiger charge is 2.13. The number of nitrogens with one attached hydrogen (secondary N) is 3. The van der Waals surface area contributed by atoms with Crippen LogP contribution in [0.4, 0.5) is 0 Å². The highest BCUT2D eigenvalue weighted by atomic mass is 16.2. The topological polar surface area (TPSA) is 118 Å². The van der Waals surface area contributed by atoms with Gasteiger partial charge in [-0.2, -0.15) is 5.10 Å². The fourth-order valence-corrected chi connectivity index (χ4v) is 3.16. The summed E-state index contributed by atoms with van der Waals surface area (Å²) in [5.74, 6) is 0.187. The van der Waals surface area contributed by atoms with E-state index in [-0.39, 0.29) is 35.8 Å². The van der Waals surface area contributed by atoms with Gasteiger partial charge >= 0.3 is 0 Å². The molecule has 0 fully saturated rings. The van der Waals surface area contributed by atoms with Crippen LogP contribution in [0.5, 0.6) is 0 Å². The molecule has 31 heavy (non-hydrogen) atoms. The van der Waals surface area contributed by atoms with Gasteiger partial charge in [-0.1, -0.05) is 6.07 Å². The molecule has 4 aromatic rings. The summed E-state index contributed by atoms with van der Waals surface area (Å²) in [6.45, 7) is 5.93. The monoisotopic (exact) mass is 417 g/mol. The van der Waals surface area contributed by atoms with Gasteiger partial charge in [-0.05, 0) is 51.1 Å². The number of pyridine rings is 1. The average molecular weight is 417 g/mol. The first-order valence-corrected chi connectivity index (χ1v) is 9.95. The molecule has 4 rings (SSSR count).